The average molecular weight is 434 g/mol. The molecule has 9 atom stereocenters. The smallest absolute Gasteiger partial charge is 0.349 e. The highest BCUT2D eigenvalue weighted by molar-refractivity contribution is 6.14. The predicted molar refractivity (Wildman–Crippen MR) is 98.4 cm³/mol. The Labute approximate surface area is 177 Å². The number of rotatable bonds is 3. The third kappa shape index (κ3) is 2.68. The zero-order chi connectivity index (χ0) is 22.5. The fraction of sp³-hybridized carbons (Fsp3) is 0.619. The SMILES string of the molecule is C=C1C(=O)O[C@@H]2/C=C(\C)[C@@H]3O[C@@H]3C(=O)[C@@]3(C(=O)OC)O[C@@H]3[C@@H](OC(=O)[C@]3(C)O[C@@H]3C)[C@@H]12. The van der Waals surface area contributed by atoms with E-state index in [-0.39, 0.29) is 11.7 Å². The Hall–Kier alpha value is -2.56. The average Bonchev–Trinajstić information content (AvgIpc) is 3.63. The van der Waals surface area contributed by atoms with E-state index in [0.717, 1.165) is 7.11 Å². The molecule has 4 saturated heterocycles. The van der Waals surface area contributed by atoms with Gasteiger partial charge in [-0.15, -0.1) is 0 Å². The molecule has 0 saturated carbocycles. The van der Waals surface area contributed by atoms with Gasteiger partial charge in [-0.2, -0.15) is 0 Å². The fourth-order valence-electron chi connectivity index (χ4n) is 4.54. The molecule has 0 aromatic rings. The van der Waals surface area contributed by atoms with Crippen LogP contribution in [0.4, 0.5) is 0 Å². The standard InChI is InChI=1S/C21H22O10/c1-7-6-10-11(8(2)17(23)27-10)13(29-18(24)20(4)9(3)30-20)16-21(31-16,19(25)26-5)15(22)14-12(7)28-14/h6,9-14,16H,2H2,1,3-5H3/b7-6+/t9-,10-,11+,12+,13+,14+,16-,20-,21-/m1/s1. The van der Waals surface area contributed by atoms with Crippen molar-refractivity contribution < 1.29 is 47.6 Å². The molecule has 5 rings (SSSR count). The number of esters is 3. The lowest BCUT2D eigenvalue weighted by Gasteiger charge is -2.27. The van der Waals surface area contributed by atoms with Gasteiger partial charge < -0.3 is 28.4 Å². The lowest BCUT2D eigenvalue weighted by Crippen LogP contribution is -2.48. The van der Waals surface area contributed by atoms with Gasteiger partial charge in [0.15, 0.2) is 11.7 Å². The first-order valence-electron chi connectivity index (χ1n) is 9.99. The van der Waals surface area contributed by atoms with Gasteiger partial charge in [0.25, 0.3) is 5.60 Å². The minimum absolute atomic E-state index is 0.0531. The number of fused-ring (bicyclic) bond motifs is 3. The summed E-state index contributed by atoms with van der Waals surface area (Å²) < 4.78 is 32.5. The Morgan fingerprint density at radius 1 is 1.16 bits per heavy atom. The number of methoxy groups -OCH3 is 1. The molecule has 5 aliphatic rings. The van der Waals surface area contributed by atoms with Crippen LogP contribution in [0.3, 0.4) is 0 Å². The van der Waals surface area contributed by atoms with E-state index in [1.807, 2.05) is 0 Å². The maximum atomic E-state index is 13.2. The van der Waals surface area contributed by atoms with Gasteiger partial charge in [0.1, 0.15) is 24.4 Å². The molecule has 0 N–H and O–H groups in total. The van der Waals surface area contributed by atoms with Crippen LogP contribution in [-0.4, -0.2) is 78.6 Å². The van der Waals surface area contributed by atoms with Crippen LogP contribution in [0.1, 0.15) is 20.8 Å². The van der Waals surface area contributed by atoms with Gasteiger partial charge in [-0.05, 0) is 32.4 Å². The van der Waals surface area contributed by atoms with Crippen LogP contribution < -0.4 is 0 Å². The van der Waals surface area contributed by atoms with Gasteiger partial charge in [0.2, 0.25) is 5.78 Å². The molecule has 0 amide bonds. The van der Waals surface area contributed by atoms with Crippen LogP contribution >= 0.6 is 0 Å². The molecule has 10 nitrogen and oxygen atoms in total. The molecule has 0 aromatic heterocycles. The van der Waals surface area contributed by atoms with Crippen LogP contribution in [0.2, 0.25) is 0 Å². The number of hydrogen-bond acceptors (Lipinski definition) is 10. The van der Waals surface area contributed by atoms with Crippen molar-refractivity contribution in [2.24, 2.45) is 5.92 Å². The summed E-state index contributed by atoms with van der Waals surface area (Å²) in [7, 11) is 1.13. The molecule has 10 heteroatoms. The van der Waals surface area contributed by atoms with Gasteiger partial charge in [-0.1, -0.05) is 6.58 Å². The maximum absolute atomic E-state index is 13.2. The van der Waals surface area contributed by atoms with E-state index < -0.39 is 71.3 Å². The number of carbonyl (C=O) groups excluding carboxylic acids is 4. The van der Waals surface area contributed by atoms with Gasteiger partial charge in [0.05, 0.1) is 19.1 Å². The molecule has 0 radical (unpaired) electrons. The Bertz CT molecular complexity index is 967. The van der Waals surface area contributed by atoms with Crippen molar-refractivity contribution in [3.63, 3.8) is 0 Å². The lowest BCUT2D eigenvalue weighted by atomic mass is 9.81. The topological polar surface area (TPSA) is 134 Å². The second-order valence-corrected chi connectivity index (χ2v) is 8.68. The largest absolute Gasteiger partial charge is 0.466 e. The molecule has 0 spiro atoms. The summed E-state index contributed by atoms with van der Waals surface area (Å²) in [6, 6.07) is 0. The Balaban J connectivity index is 1.59. The van der Waals surface area contributed by atoms with Crippen molar-refractivity contribution in [2.45, 2.75) is 68.6 Å². The molecule has 4 heterocycles. The second kappa shape index (κ2) is 6.24. The minimum Gasteiger partial charge on any atom is -0.466 e. The molecule has 1 aliphatic carbocycles. The van der Waals surface area contributed by atoms with Gasteiger partial charge in [-0.25, -0.2) is 14.4 Å². The quantitative estimate of drug-likeness (QED) is 0.147. The molecule has 166 valence electrons. The summed E-state index contributed by atoms with van der Waals surface area (Å²) >= 11 is 0. The van der Waals surface area contributed by atoms with E-state index in [1.165, 1.54) is 0 Å². The third-order valence-electron chi connectivity index (χ3n) is 6.84. The number of carbonyl (C=O) groups is 4. The predicted octanol–water partition coefficient (Wildman–Crippen LogP) is -0.220. The van der Waals surface area contributed by atoms with Crippen molar-refractivity contribution in [1.29, 1.82) is 0 Å². The van der Waals surface area contributed by atoms with Crippen molar-refractivity contribution in [1.82, 2.24) is 0 Å². The molecule has 0 aromatic carbocycles. The van der Waals surface area contributed by atoms with Crippen molar-refractivity contribution in [2.75, 3.05) is 7.11 Å². The summed E-state index contributed by atoms with van der Waals surface area (Å²) in [5.41, 5.74) is -2.47. The Kier molecular flexibility index (Phi) is 4.10. The number of Topliss-reactive ketones (excluding diaryl/α,β-unsaturated/α-hetero) is 1. The third-order valence-corrected chi connectivity index (χ3v) is 6.84. The summed E-state index contributed by atoms with van der Waals surface area (Å²) in [5, 5.41) is 0. The minimum atomic E-state index is -2.00. The van der Waals surface area contributed by atoms with Crippen LogP contribution in [0.15, 0.2) is 23.8 Å². The summed E-state index contributed by atoms with van der Waals surface area (Å²) in [6.45, 7) is 8.81. The summed E-state index contributed by atoms with van der Waals surface area (Å²) in [5.74, 6) is -3.76. The van der Waals surface area contributed by atoms with Gasteiger partial charge >= 0.3 is 17.9 Å². The van der Waals surface area contributed by atoms with Crippen LogP contribution in [0, 0.1) is 5.92 Å². The monoisotopic (exact) mass is 434 g/mol. The molecule has 4 aliphatic heterocycles. The second-order valence-electron chi connectivity index (χ2n) is 8.68. The van der Waals surface area contributed by atoms with E-state index in [4.69, 9.17) is 28.4 Å². The first-order valence-corrected chi connectivity index (χ1v) is 9.99. The number of hydrogen-bond donors (Lipinski definition) is 0. The van der Waals surface area contributed by atoms with Crippen molar-refractivity contribution in [3.8, 4) is 0 Å². The Morgan fingerprint density at radius 3 is 2.45 bits per heavy atom. The van der Waals surface area contributed by atoms with Crippen LogP contribution in [-0.2, 0) is 47.6 Å². The first kappa shape index (κ1) is 20.3. The first-order chi connectivity index (χ1) is 14.6. The zero-order valence-corrected chi connectivity index (χ0v) is 17.4. The van der Waals surface area contributed by atoms with Gasteiger partial charge in [-0.3, -0.25) is 4.79 Å². The number of epoxide rings is 3. The lowest BCUT2D eigenvalue weighted by molar-refractivity contribution is -0.160. The molecule has 0 unspecified atom stereocenters. The molecular formula is C21H22O10. The highest BCUT2D eigenvalue weighted by Gasteiger charge is 2.78. The van der Waals surface area contributed by atoms with Crippen LogP contribution in [0.25, 0.3) is 0 Å². The molecule has 0 bridgehead atoms. The fourth-order valence-corrected chi connectivity index (χ4v) is 4.54. The summed E-state index contributed by atoms with van der Waals surface area (Å²) in [4.78, 5) is 51.0. The highest BCUT2D eigenvalue weighted by atomic mass is 16.7. The van der Waals surface area contributed by atoms with E-state index in [9.17, 15) is 19.2 Å². The van der Waals surface area contributed by atoms with E-state index >= 15 is 0 Å². The normalized spacial score (nSPS) is 48.8. The maximum Gasteiger partial charge on any atom is 0.349 e. The van der Waals surface area contributed by atoms with E-state index in [2.05, 4.69) is 6.58 Å². The van der Waals surface area contributed by atoms with E-state index in [0.29, 0.717) is 5.57 Å². The molecular weight excluding hydrogens is 412 g/mol. The van der Waals surface area contributed by atoms with E-state index in [1.54, 1.807) is 26.8 Å². The van der Waals surface area contributed by atoms with Crippen LogP contribution in [0.5, 0.6) is 0 Å². The zero-order valence-electron chi connectivity index (χ0n) is 17.4. The molecule has 31 heavy (non-hydrogen) atoms. The van der Waals surface area contributed by atoms with Crippen molar-refractivity contribution >= 4 is 23.7 Å². The number of ketones is 1. The van der Waals surface area contributed by atoms with Crippen molar-refractivity contribution in [3.05, 3.63) is 23.8 Å². The number of ether oxygens (including phenoxy) is 6. The highest BCUT2D eigenvalue weighted by Crippen LogP contribution is 2.52. The van der Waals surface area contributed by atoms with Gasteiger partial charge in [0, 0.05) is 5.57 Å². The molecule has 4 fully saturated rings. The summed E-state index contributed by atoms with van der Waals surface area (Å²) in [6.07, 6.45) is -3.42. The Morgan fingerprint density at radius 2 is 1.84 bits per heavy atom.